The summed E-state index contributed by atoms with van der Waals surface area (Å²) in [7, 11) is 0. The quantitative estimate of drug-likeness (QED) is 0.137. The summed E-state index contributed by atoms with van der Waals surface area (Å²) < 4.78 is 6.28. The van der Waals surface area contributed by atoms with E-state index < -0.39 is 24.0 Å². The average molecular weight is 524 g/mol. The van der Waals surface area contributed by atoms with Gasteiger partial charge in [0.15, 0.2) is 0 Å². The lowest BCUT2D eigenvalue weighted by Crippen LogP contribution is -2.32. The number of allylic oxidation sites excluding steroid dienone is 1. The van der Waals surface area contributed by atoms with Crippen LogP contribution in [0.15, 0.2) is 60.7 Å². The van der Waals surface area contributed by atoms with Gasteiger partial charge in [-0.3, -0.25) is 20.1 Å². The number of hydrogen-bond donors (Lipinski definition) is 4. The zero-order valence-corrected chi connectivity index (χ0v) is 18.0. The lowest BCUT2D eigenvalue weighted by Gasteiger charge is -2.19. The Morgan fingerprint density at radius 2 is 1.87 bits per heavy atom. The third-order valence-corrected chi connectivity index (χ3v) is 4.72. The molecule has 2 aromatic rings. The van der Waals surface area contributed by atoms with E-state index >= 15 is 0 Å². The van der Waals surface area contributed by atoms with Gasteiger partial charge in [0.1, 0.15) is 11.9 Å². The van der Waals surface area contributed by atoms with Gasteiger partial charge in [0.25, 0.3) is 11.8 Å². The van der Waals surface area contributed by atoms with Crippen LogP contribution >= 0.6 is 22.6 Å². The Bertz CT molecular complexity index is 917. The monoisotopic (exact) mass is 524 g/mol. The Morgan fingerprint density at radius 3 is 2.57 bits per heavy atom. The number of amides is 3. The van der Waals surface area contributed by atoms with Gasteiger partial charge in [-0.2, -0.15) is 0 Å². The molecule has 0 radical (unpaired) electrons. The predicted octanol–water partition coefficient (Wildman–Crippen LogP) is 3.84. The molecule has 0 aliphatic rings. The van der Waals surface area contributed by atoms with Crippen molar-refractivity contribution in [1.29, 1.82) is 0 Å². The molecule has 0 heterocycles. The summed E-state index contributed by atoms with van der Waals surface area (Å²) in [6, 6.07) is 13.2. The van der Waals surface area contributed by atoms with Crippen molar-refractivity contribution in [3.05, 3.63) is 75.4 Å². The number of nitrogens with one attached hydrogen (secondary N) is 2. The minimum Gasteiger partial charge on any atom is -0.508 e. The van der Waals surface area contributed by atoms with Crippen LogP contribution in [-0.4, -0.2) is 28.2 Å². The molecule has 0 bridgehead atoms. The van der Waals surface area contributed by atoms with E-state index in [1.54, 1.807) is 48.5 Å². The molecule has 30 heavy (non-hydrogen) atoms. The van der Waals surface area contributed by atoms with E-state index in [9.17, 15) is 19.5 Å². The average Bonchev–Trinajstić information content (AvgIpc) is 2.74. The summed E-state index contributed by atoms with van der Waals surface area (Å²) >= 11 is 2.08. The third kappa shape index (κ3) is 7.48. The van der Waals surface area contributed by atoms with Gasteiger partial charge in [0.05, 0.1) is 0 Å². The Hall–Kier alpha value is -2.92. The second-order valence-electron chi connectivity index (χ2n) is 6.23. The molecule has 4 N–H and O–H groups in total. The molecule has 3 amide bonds. The highest BCUT2D eigenvalue weighted by Crippen LogP contribution is 2.32. The number of imide groups is 1. The largest absolute Gasteiger partial charge is 0.508 e. The maximum absolute atomic E-state index is 12.3. The highest BCUT2D eigenvalue weighted by Gasteiger charge is 2.21. The van der Waals surface area contributed by atoms with Gasteiger partial charge in [-0.1, -0.05) is 24.3 Å². The number of aromatic hydroxyl groups is 1. The Morgan fingerprint density at radius 1 is 1.13 bits per heavy atom. The van der Waals surface area contributed by atoms with E-state index in [4.69, 9.17) is 9.94 Å². The zero-order valence-electron chi connectivity index (χ0n) is 15.9. The fourth-order valence-electron chi connectivity index (χ4n) is 2.62. The number of ether oxygens (including phenoxy) is 1. The number of phenolic OH excluding ortho intramolecular Hbond substituents is 1. The summed E-state index contributed by atoms with van der Waals surface area (Å²) in [5.74, 6) is -1.26. The fourth-order valence-corrected chi connectivity index (χ4v) is 3.14. The van der Waals surface area contributed by atoms with Crippen molar-refractivity contribution in [2.45, 2.75) is 25.4 Å². The van der Waals surface area contributed by atoms with Gasteiger partial charge in [-0.15, -0.1) is 0 Å². The van der Waals surface area contributed by atoms with Crippen molar-refractivity contribution < 1.29 is 29.4 Å². The van der Waals surface area contributed by atoms with Gasteiger partial charge in [0, 0.05) is 20.8 Å². The first kappa shape index (κ1) is 23.4. The summed E-state index contributed by atoms with van der Waals surface area (Å²) in [6.45, 7) is 0. The van der Waals surface area contributed by atoms with Crippen LogP contribution in [0.4, 0.5) is 4.79 Å². The zero-order chi connectivity index (χ0) is 21.9. The first-order chi connectivity index (χ1) is 14.4. The molecule has 0 aliphatic carbocycles. The minimum atomic E-state index is -0.928. The van der Waals surface area contributed by atoms with Gasteiger partial charge >= 0.3 is 6.09 Å². The van der Waals surface area contributed by atoms with E-state index in [-0.39, 0.29) is 5.75 Å². The Balaban J connectivity index is 2.06. The molecule has 0 fully saturated rings. The molecule has 158 valence electrons. The van der Waals surface area contributed by atoms with Crippen LogP contribution in [-0.2, 0) is 9.53 Å². The molecular weight excluding hydrogens is 503 g/mol. The summed E-state index contributed by atoms with van der Waals surface area (Å²) in [4.78, 5) is 35.4. The van der Waals surface area contributed by atoms with E-state index in [2.05, 4.69) is 27.9 Å². The minimum absolute atomic E-state index is 0.0298. The van der Waals surface area contributed by atoms with Crippen LogP contribution < -0.4 is 10.8 Å². The maximum Gasteiger partial charge on any atom is 0.414 e. The van der Waals surface area contributed by atoms with Crippen LogP contribution in [0.25, 0.3) is 0 Å². The Kier molecular flexibility index (Phi) is 9.29. The number of hydroxylamine groups is 1. The second-order valence-corrected chi connectivity index (χ2v) is 7.47. The number of hydrogen-bond acceptors (Lipinski definition) is 6. The lowest BCUT2D eigenvalue weighted by molar-refractivity contribution is -0.124. The molecule has 0 unspecified atom stereocenters. The Labute approximate surface area is 187 Å². The first-order valence-corrected chi connectivity index (χ1v) is 10.1. The topological polar surface area (TPSA) is 125 Å². The summed E-state index contributed by atoms with van der Waals surface area (Å²) in [5.41, 5.74) is 2.23. The highest BCUT2D eigenvalue weighted by molar-refractivity contribution is 14.1. The third-order valence-electron chi connectivity index (χ3n) is 4.05. The normalized spacial score (nSPS) is 11.7. The van der Waals surface area contributed by atoms with Crippen LogP contribution in [0.5, 0.6) is 5.75 Å². The van der Waals surface area contributed by atoms with E-state index in [1.165, 1.54) is 17.6 Å². The number of alkyl carbamates (subject to hydrolysis) is 1. The molecule has 0 aliphatic heterocycles. The number of rotatable bonds is 8. The number of phenols is 1. The van der Waals surface area contributed by atoms with Crippen LogP contribution in [0.2, 0.25) is 0 Å². The highest BCUT2D eigenvalue weighted by atomic mass is 127. The van der Waals surface area contributed by atoms with Crippen molar-refractivity contribution in [1.82, 2.24) is 10.8 Å². The molecule has 0 saturated carbocycles. The van der Waals surface area contributed by atoms with Crippen molar-refractivity contribution in [3.63, 3.8) is 0 Å². The van der Waals surface area contributed by atoms with Crippen LogP contribution in [0.1, 0.15) is 41.3 Å². The molecule has 1 atom stereocenters. The predicted molar refractivity (Wildman–Crippen MR) is 117 cm³/mol. The molecular formula is C21H21IN2O6. The van der Waals surface area contributed by atoms with Gasteiger partial charge in [0.2, 0.25) is 0 Å². The van der Waals surface area contributed by atoms with Crippen LogP contribution in [0, 0.1) is 3.57 Å². The second kappa shape index (κ2) is 11.9. The lowest BCUT2D eigenvalue weighted by atomic mass is 10.0. The maximum atomic E-state index is 12.3. The number of benzene rings is 2. The van der Waals surface area contributed by atoms with Crippen molar-refractivity contribution in [3.8, 4) is 5.75 Å². The van der Waals surface area contributed by atoms with Crippen molar-refractivity contribution in [2.75, 3.05) is 0 Å². The van der Waals surface area contributed by atoms with Gasteiger partial charge < -0.3 is 9.84 Å². The van der Waals surface area contributed by atoms with Gasteiger partial charge in [-0.25, -0.2) is 10.3 Å². The fraction of sp³-hybridized carbons (Fsp3) is 0.190. The SMILES string of the molecule is O=C(/C=C/CCC[C@H](OC(=O)NC(=O)c1ccccc1)c1cc(I)ccc1O)NO. The van der Waals surface area contributed by atoms with Crippen molar-refractivity contribution in [2.24, 2.45) is 0 Å². The standard InChI is InChI=1S/C21H21IN2O6/c22-15-11-12-17(25)16(13-15)18(9-5-2-6-10-19(26)24-29)30-21(28)23-20(27)14-7-3-1-4-8-14/h1,3-4,6-8,10-13,18,25,29H,2,5,9H2,(H,24,26)(H,23,27,28)/b10-6+/t18-/m0/s1. The van der Waals surface area contributed by atoms with E-state index in [0.29, 0.717) is 30.4 Å². The molecule has 0 aromatic heterocycles. The number of halogens is 1. The number of carbonyl (C=O) groups excluding carboxylic acids is 3. The van der Waals surface area contributed by atoms with Crippen LogP contribution in [0.3, 0.4) is 0 Å². The first-order valence-electron chi connectivity index (χ1n) is 9.06. The van der Waals surface area contributed by atoms with Crippen molar-refractivity contribution >= 4 is 40.5 Å². The molecule has 2 aromatic carbocycles. The molecule has 0 spiro atoms. The smallest absolute Gasteiger partial charge is 0.414 e. The summed E-state index contributed by atoms with van der Waals surface area (Å²) in [5, 5.41) is 20.9. The van der Waals surface area contributed by atoms with E-state index in [1.807, 2.05) is 0 Å². The molecule has 0 saturated heterocycles. The van der Waals surface area contributed by atoms with E-state index in [0.717, 1.165) is 3.57 Å². The molecule has 8 nitrogen and oxygen atoms in total. The number of unbranched alkanes of at least 4 members (excludes halogenated alkanes) is 1. The summed E-state index contributed by atoms with van der Waals surface area (Å²) in [6.07, 6.45) is 2.35. The number of carbonyl (C=O) groups is 3. The molecule has 2 rings (SSSR count). The molecule has 9 heteroatoms. The van der Waals surface area contributed by atoms with Gasteiger partial charge in [-0.05, 0) is 72.2 Å².